The van der Waals surface area contributed by atoms with Crippen molar-refractivity contribution < 1.29 is 34.8 Å². The zero-order valence-electron chi connectivity index (χ0n) is 9.93. The van der Waals surface area contributed by atoms with Gasteiger partial charge in [-0.3, -0.25) is 0 Å². The topological polar surface area (TPSA) is 60.2 Å². The second kappa shape index (κ2) is 4.92. The molecule has 0 aromatic heterocycles. The molecule has 0 saturated carbocycles. The fourth-order valence-corrected chi connectivity index (χ4v) is 2.40. The smallest absolute Gasteiger partial charge is 0.225 e. The summed E-state index contributed by atoms with van der Waals surface area (Å²) < 4.78 is 98.5. The summed E-state index contributed by atoms with van der Waals surface area (Å²) in [5.74, 6) is 0. The third-order valence-electron chi connectivity index (χ3n) is 2.50. The maximum absolute atomic E-state index is 12.7. The Bertz CT molecular complexity index is 618. The Morgan fingerprint density at radius 1 is 1.00 bits per heavy atom. The van der Waals surface area contributed by atoms with Crippen LogP contribution in [-0.4, -0.2) is 8.42 Å². The van der Waals surface area contributed by atoms with E-state index in [1.807, 2.05) is 0 Å². The number of nitrogens with two attached hydrogens (primary N) is 1. The van der Waals surface area contributed by atoms with Crippen molar-refractivity contribution in [2.24, 2.45) is 5.14 Å². The lowest BCUT2D eigenvalue weighted by molar-refractivity contribution is -0.143. The predicted molar refractivity (Wildman–Crippen MR) is 57.2 cm³/mol. The second-order valence-electron chi connectivity index (χ2n) is 3.90. The average Bonchev–Trinajstić information content (AvgIpc) is 2.23. The molecule has 0 aliphatic rings. The lowest BCUT2D eigenvalue weighted by Gasteiger charge is -2.18. The highest BCUT2D eigenvalue weighted by molar-refractivity contribution is 7.89. The Hall–Kier alpha value is -1.29. The van der Waals surface area contributed by atoms with Crippen LogP contribution < -0.4 is 5.14 Å². The van der Waals surface area contributed by atoms with E-state index in [2.05, 4.69) is 5.14 Å². The van der Waals surface area contributed by atoms with E-state index in [4.69, 9.17) is 0 Å². The van der Waals surface area contributed by atoms with Gasteiger partial charge >= 0.3 is 12.4 Å². The minimum atomic E-state index is -5.13. The highest BCUT2D eigenvalue weighted by Crippen LogP contribution is 2.40. The van der Waals surface area contributed by atoms with Crippen LogP contribution in [-0.2, 0) is 28.8 Å². The van der Waals surface area contributed by atoms with Crippen LogP contribution in [0.2, 0.25) is 0 Å². The highest BCUT2D eigenvalue weighted by atomic mass is 32.2. The number of halogens is 6. The Balaban J connectivity index is 3.82. The van der Waals surface area contributed by atoms with Crippen LogP contribution in [0.15, 0.2) is 17.0 Å². The predicted octanol–water partition coefficient (Wildman–Crippen LogP) is 2.93. The van der Waals surface area contributed by atoms with Crippen LogP contribution in [0.1, 0.15) is 23.6 Å². The summed E-state index contributed by atoms with van der Waals surface area (Å²) in [5, 5.41) is 4.56. The highest BCUT2D eigenvalue weighted by Gasteiger charge is 2.41. The molecule has 3 nitrogen and oxygen atoms in total. The lowest BCUT2D eigenvalue weighted by Crippen LogP contribution is -2.22. The monoisotopic (exact) mass is 321 g/mol. The summed E-state index contributed by atoms with van der Waals surface area (Å²) >= 11 is 0. The largest absolute Gasteiger partial charge is 0.417 e. The van der Waals surface area contributed by atoms with Gasteiger partial charge in [0.1, 0.15) is 0 Å². The molecule has 1 aromatic rings. The van der Waals surface area contributed by atoms with E-state index in [1.165, 1.54) is 6.92 Å². The second-order valence-corrected chi connectivity index (χ2v) is 5.43. The SMILES string of the molecule is CCc1cc(C(F)(F)F)c(S(N)(=O)=O)cc1C(F)(F)F. The van der Waals surface area contributed by atoms with Crippen molar-refractivity contribution in [3.05, 3.63) is 28.8 Å². The summed E-state index contributed by atoms with van der Waals surface area (Å²) in [6.45, 7) is 1.22. The molecule has 0 spiro atoms. The molecule has 10 heteroatoms. The molecule has 0 unspecified atom stereocenters. The van der Waals surface area contributed by atoms with Crippen molar-refractivity contribution in [3.8, 4) is 0 Å². The quantitative estimate of drug-likeness (QED) is 0.852. The molecule has 0 bridgehead atoms. The average molecular weight is 321 g/mol. The zero-order valence-corrected chi connectivity index (χ0v) is 10.7. The van der Waals surface area contributed by atoms with E-state index in [1.54, 1.807) is 0 Å². The number of hydrogen-bond donors (Lipinski definition) is 1. The van der Waals surface area contributed by atoms with E-state index in [0.29, 0.717) is 0 Å². The number of sulfonamides is 1. The number of rotatable bonds is 2. The third-order valence-corrected chi connectivity index (χ3v) is 3.45. The van der Waals surface area contributed by atoms with Gasteiger partial charge in [0.2, 0.25) is 10.0 Å². The van der Waals surface area contributed by atoms with Gasteiger partial charge in [0.25, 0.3) is 0 Å². The first-order valence-corrected chi connectivity index (χ1v) is 6.67. The van der Waals surface area contributed by atoms with Gasteiger partial charge in [-0.2, -0.15) is 26.3 Å². The van der Waals surface area contributed by atoms with Crippen LogP contribution in [0.3, 0.4) is 0 Å². The molecule has 1 aromatic carbocycles. The molecule has 0 atom stereocenters. The van der Waals surface area contributed by atoms with Crippen molar-refractivity contribution in [2.45, 2.75) is 30.6 Å². The summed E-state index contributed by atoms with van der Waals surface area (Å²) in [6, 6.07) is 0.0968. The van der Waals surface area contributed by atoms with Gasteiger partial charge in [-0.25, -0.2) is 13.6 Å². The molecule has 0 radical (unpaired) electrons. The Morgan fingerprint density at radius 2 is 1.45 bits per heavy atom. The van der Waals surface area contributed by atoms with Crippen LogP contribution in [0.5, 0.6) is 0 Å². The molecule has 0 aliphatic carbocycles. The van der Waals surface area contributed by atoms with Crippen molar-refractivity contribution >= 4 is 10.0 Å². The number of benzene rings is 1. The summed E-state index contributed by atoms with van der Waals surface area (Å²) in [5.41, 5.74) is -3.81. The van der Waals surface area contributed by atoms with Gasteiger partial charge in [0.05, 0.1) is 16.0 Å². The minimum absolute atomic E-state index is 0.0724. The summed E-state index contributed by atoms with van der Waals surface area (Å²) in [4.78, 5) is -1.59. The fraction of sp³-hybridized carbons (Fsp3) is 0.400. The first-order valence-electron chi connectivity index (χ1n) is 5.12. The Morgan fingerprint density at radius 3 is 1.75 bits per heavy atom. The number of aryl methyl sites for hydroxylation is 1. The fourth-order valence-electron chi connectivity index (χ4n) is 1.64. The molecule has 2 N–H and O–H groups in total. The molecule has 20 heavy (non-hydrogen) atoms. The van der Waals surface area contributed by atoms with Crippen LogP contribution >= 0.6 is 0 Å². The molecule has 114 valence electrons. The molecular formula is C10H9F6NO2S. The normalized spacial score (nSPS) is 13.6. The van der Waals surface area contributed by atoms with E-state index < -0.39 is 44.0 Å². The standard InChI is InChI=1S/C10H9F6NO2S/c1-2-5-3-7(10(14,15)16)8(20(17,18)19)4-6(5)9(11,12)13/h3-4H,2H2,1H3,(H2,17,18,19). The number of primary sulfonamides is 1. The first kappa shape index (κ1) is 16.8. The minimum Gasteiger partial charge on any atom is -0.225 e. The van der Waals surface area contributed by atoms with Crippen LogP contribution in [0, 0.1) is 0 Å². The van der Waals surface area contributed by atoms with E-state index >= 15 is 0 Å². The number of alkyl halides is 6. The van der Waals surface area contributed by atoms with Crippen molar-refractivity contribution in [2.75, 3.05) is 0 Å². The number of hydrogen-bond acceptors (Lipinski definition) is 2. The lowest BCUT2D eigenvalue weighted by atomic mass is 10.0. The van der Waals surface area contributed by atoms with Gasteiger partial charge in [-0.05, 0) is 24.1 Å². The zero-order chi connectivity index (χ0) is 15.9. The van der Waals surface area contributed by atoms with Gasteiger partial charge in [-0.1, -0.05) is 6.92 Å². The molecule has 0 saturated heterocycles. The molecule has 0 heterocycles. The molecule has 0 aliphatic heterocycles. The van der Waals surface area contributed by atoms with Crippen LogP contribution in [0.4, 0.5) is 26.3 Å². The first-order chi connectivity index (χ1) is 8.78. The Labute approximate surface area is 110 Å². The van der Waals surface area contributed by atoms with Crippen molar-refractivity contribution in [1.82, 2.24) is 0 Å². The van der Waals surface area contributed by atoms with Gasteiger partial charge in [-0.15, -0.1) is 0 Å². The van der Waals surface area contributed by atoms with E-state index in [9.17, 15) is 34.8 Å². The molecule has 1 rings (SSSR count). The van der Waals surface area contributed by atoms with E-state index in [0.717, 1.165) is 0 Å². The maximum Gasteiger partial charge on any atom is 0.417 e. The van der Waals surface area contributed by atoms with Gasteiger partial charge < -0.3 is 0 Å². The summed E-state index contributed by atoms with van der Waals surface area (Å²) in [7, 11) is -4.94. The third kappa shape index (κ3) is 3.42. The van der Waals surface area contributed by atoms with Crippen molar-refractivity contribution in [3.63, 3.8) is 0 Å². The molecule has 0 amide bonds. The van der Waals surface area contributed by atoms with Gasteiger partial charge in [0.15, 0.2) is 0 Å². The van der Waals surface area contributed by atoms with E-state index in [-0.39, 0.29) is 18.6 Å². The molecule has 0 fully saturated rings. The Kier molecular flexibility index (Phi) is 4.12. The van der Waals surface area contributed by atoms with Gasteiger partial charge in [0, 0.05) is 0 Å². The van der Waals surface area contributed by atoms with Crippen LogP contribution in [0.25, 0.3) is 0 Å². The maximum atomic E-state index is 12.7. The van der Waals surface area contributed by atoms with Crippen molar-refractivity contribution in [1.29, 1.82) is 0 Å². The summed E-state index contributed by atoms with van der Waals surface area (Å²) in [6.07, 6.45) is -10.5. The molecular weight excluding hydrogens is 312 g/mol.